The Hall–Kier alpha value is -1.80. The third kappa shape index (κ3) is 5.02. The van der Waals surface area contributed by atoms with Gasteiger partial charge in [0.15, 0.2) is 0 Å². The minimum absolute atomic E-state index is 0.0653. The minimum atomic E-state index is -0.411. The SMILES string of the molecule is C=O.COC(=O)c1sc(C#CC(C)(C)C)cc1N. The quantitative estimate of drug-likeness (QED) is 0.626. The van der Waals surface area contributed by atoms with Gasteiger partial charge < -0.3 is 15.3 Å². The van der Waals surface area contributed by atoms with Crippen LogP contribution in [-0.2, 0) is 9.53 Å². The normalized spacial score (nSPS) is 9.56. The molecule has 0 fully saturated rings. The minimum Gasteiger partial charge on any atom is -0.465 e. The fraction of sp³-hybridized carbons (Fsp3) is 0.385. The lowest BCUT2D eigenvalue weighted by Crippen LogP contribution is -2.00. The summed E-state index contributed by atoms with van der Waals surface area (Å²) in [4.78, 5) is 20.5. The number of thiophene rings is 1. The number of carbonyl (C=O) groups is 2. The first-order chi connectivity index (χ1) is 8.33. The molecule has 2 N–H and O–H groups in total. The molecular weight excluding hydrogens is 250 g/mol. The second-order valence-electron chi connectivity index (χ2n) is 4.39. The van der Waals surface area contributed by atoms with Crippen LogP contribution in [0.1, 0.15) is 35.3 Å². The molecule has 1 rings (SSSR count). The van der Waals surface area contributed by atoms with E-state index >= 15 is 0 Å². The first kappa shape index (κ1) is 16.2. The van der Waals surface area contributed by atoms with Crippen molar-refractivity contribution in [2.24, 2.45) is 5.41 Å². The summed E-state index contributed by atoms with van der Waals surface area (Å²) < 4.78 is 4.62. The summed E-state index contributed by atoms with van der Waals surface area (Å²) in [6.45, 7) is 8.08. The van der Waals surface area contributed by atoms with Crippen molar-refractivity contribution in [1.29, 1.82) is 0 Å². The summed E-state index contributed by atoms with van der Waals surface area (Å²) in [5.74, 6) is 5.68. The van der Waals surface area contributed by atoms with Gasteiger partial charge in [-0.25, -0.2) is 4.79 Å². The highest BCUT2D eigenvalue weighted by molar-refractivity contribution is 7.15. The first-order valence-corrected chi connectivity index (χ1v) is 5.95. The molecule has 0 atom stereocenters. The number of anilines is 1. The monoisotopic (exact) mass is 267 g/mol. The number of ether oxygens (including phenoxy) is 1. The zero-order valence-corrected chi connectivity index (χ0v) is 11.8. The van der Waals surface area contributed by atoms with Gasteiger partial charge in [0, 0.05) is 5.41 Å². The second-order valence-corrected chi connectivity index (χ2v) is 5.44. The van der Waals surface area contributed by atoms with Gasteiger partial charge in [-0.05, 0) is 26.8 Å². The molecule has 0 saturated carbocycles. The number of methoxy groups -OCH3 is 1. The predicted molar refractivity (Wildman–Crippen MR) is 73.5 cm³/mol. The lowest BCUT2D eigenvalue weighted by atomic mass is 9.98. The van der Waals surface area contributed by atoms with Crippen LogP contribution in [0.15, 0.2) is 6.07 Å². The summed E-state index contributed by atoms with van der Waals surface area (Å²) in [6, 6.07) is 1.70. The van der Waals surface area contributed by atoms with Crippen molar-refractivity contribution in [3.05, 3.63) is 15.8 Å². The maximum absolute atomic E-state index is 11.3. The van der Waals surface area contributed by atoms with E-state index in [1.54, 1.807) is 6.07 Å². The number of nitrogens with two attached hydrogens (primary N) is 1. The van der Waals surface area contributed by atoms with Gasteiger partial charge >= 0.3 is 5.97 Å². The van der Waals surface area contributed by atoms with E-state index in [0.29, 0.717) is 10.6 Å². The molecule has 0 bridgehead atoms. The Morgan fingerprint density at radius 2 is 2.00 bits per heavy atom. The van der Waals surface area contributed by atoms with E-state index in [4.69, 9.17) is 10.5 Å². The van der Waals surface area contributed by atoms with Gasteiger partial charge in [0.2, 0.25) is 0 Å². The highest BCUT2D eigenvalue weighted by Crippen LogP contribution is 2.25. The third-order valence-corrected chi connectivity index (χ3v) is 2.74. The molecule has 1 aromatic heterocycles. The van der Waals surface area contributed by atoms with Crippen molar-refractivity contribution < 1.29 is 14.3 Å². The standard InChI is InChI=1S/C12H15NO2S.CH2O/c1-12(2,3)6-5-8-7-9(13)10(16-8)11(14)15-4;1-2/h7H,13H2,1-4H3;1H2. The Labute approximate surface area is 111 Å². The summed E-state index contributed by atoms with van der Waals surface area (Å²) in [5, 5.41) is 0. The molecule has 0 aliphatic heterocycles. The van der Waals surface area contributed by atoms with E-state index in [-0.39, 0.29) is 5.41 Å². The zero-order chi connectivity index (χ0) is 14.3. The molecule has 1 aromatic rings. The van der Waals surface area contributed by atoms with E-state index < -0.39 is 5.97 Å². The van der Waals surface area contributed by atoms with Crippen LogP contribution in [-0.4, -0.2) is 19.9 Å². The van der Waals surface area contributed by atoms with Crippen LogP contribution in [0.3, 0.4) is 0 Å². The van der Waals surface area contributed by atoms with E-state index in [0.717, 1.165) is 4.88 Å². The molecule has 0 aliphatic rings. The number of nitrogen functional groups attached to an aromatic ring is 1. The van der Waals surface area contributed by atoms with Gasteiger partial charge in [0.1, 0.15) is 11.7 Å². The molecule has 4 nitrogen and oxygen atoms in total. The lowest BCUT2D eigenvalue weighted by molar-refractivity contribution is -0.0980. The zero-order valence-electron chi connectivity index (χ0n) is 11.0. The van der Waals surface area contributed by atoms with Gasteiger partial charge in [-0.3, -0.25) is 0 Å². The van der Waals surface area contributed by atoms with E-state index in [1.165, 1.54) is 18.4 Å². The molecule has 5 heteroatoms. The molecule has 0 amide bonds. The summed E-state index contributed by atoms with van der Waals surface area (Å²) in [6.07, 6.45) is 0. The molecular formula is C13H17NO3S. The average Bonchev–Trinajstić information content (AvgIpc) is 2.69. The fourth-order valence-corrected chi connectivity index (χ4v) is 1.82. The number of hydrogen-bond donors (Lipinski definition) is 1. The van der Waals surface area contributed by atoms with Gasteiger partial charge in [-0.2, -0.15) is 0 Å². The predicted octanol–water partition coefficient (Wildman–Crippen LogP) is 2.33. The Balaban J connectivity index is 0.00000137. The maximum atomic E-state index is 11.3. The van der Waals surface area contributed by atoms with Crippen LogP contribution in [0.2, 0.25) is 0 Å². The number of rotatable bonds is 1. The Morgan fingerprint density at radius 1 is 1.44 bits per heavy atom. The van der Waals surface area contributed by atoms with Gasteiger partial charge in [-0.15, -0.1) is 11.3 Å². The second kappa shape index (κ2) is 6.82. The molecule has 0 aromatic carbocycles. The third-order valence-electron chi connectivity index (χ3n) is 1.69. The first-order valence-electron chi connectivity index (χ1n) is 5.13. The molecule has 0 saturated heterocycles. The molecule has 0 radical (unpaired) electrons. The van der Waals surface area contributed by atoms with Crippen LogP contribution < -0.4 is 5.73 Å². The summed E-state index contributed by atoms with van der Waals surface area (Å²) in [5.41, 5.74) is 6.06. The molecule has 0 spiro atoms. The van der Waals surface area contributed by atoms with Gasteiger partial charge in [0.05, 0.1) is 17.7 Å². The van der Waals surface area contributed by atoms with Crippen LogP contribution >= 0.6 is 11.3 Å². The van der Waals surface area contributed by atoms with Gasteiger partial charge in [0.25, 0.3) is 0 Å². The van der Waals surface area contributed by atoms with Crippen LogP contribution in [0, 0.1) is 17.3 Å². The number of esters is 1. The highest BCUT2D eigenvalue weighted by atomic mass is 32.1. The van der Waals surface area contributed by atoms with Crippen molar-refractivity contribution in [3.8, 4) is 11.8 Å². The molecule has 98 valence electrons. The van der Waals surface area contributed by atoms with E-state index in [1.807, 2.05) is 27.6 Å². The van der Waals surface area contributed by atoms with Crippen LogP contribution in [0.4, 0.5) is 5.69 Å². The maximum Gasteiger partial charge on any atom is 0.350 e. The topological polar surface area (TPSA) is 69.4 Å². The largest absolute Gasteiger partial charge is 0.465 e. The molecule has 0 aliphatic carbocycles. The summed E-state index contributed by atoms with van der Waals surface area (Å²) >= 11 is 1.26. The number of carbonyl (C=O) groups excluding carboxylic acids is 2. The highest BCUT2D eigenvalue weighted by Gasteiger charge is 2.14. The van der Waals surface area contributed by atoms with Crippen molar-refractivity contribution in [2.75, 3.05) is 12.8 Å². The van der Waals surface area contributed by atoms with Gasteiger partial charge in [-0.1, -0.05) is 11.8 Å². The van der Waals surface area contributed by atoms with Crippen LogP contribution in [0.25, 0.3) is 0 Å². The van der Waals surface area contributed by atoms with E-state index in [2.05, 4.69) is 16.6 Å². The number of hydrogen-bond acceptors (Lipinski definition) is 5. The Morgan fingerprint density at radius 3 is 2.44 bits per heavy atom. The average molecular weight is 267 g/mol. The summed E-state index contributed by atoms with van der Waals surface area (Å²) in [7, 11) is 1.34. The van der Waals surface area contributed by atoms with Crippen LogP contribution in [0.5, 0.6) is 0 Å². The van der Waals surface area contributed by atoms with Crippen molar-refractivity contribution in [3.63, 3.8) is 0 Å². The van der Waals surface area contributed by atoms with Crippen molar-refractivity contribution in [2.45, 2.75) is 20.8 Å². The Kier molecular flexibility index (Phi) is 6.14. The molecule has 18 heavy (non-hydrogen) atoms. The Bertz CT molecular complexity index is 475. The van der Waals surface area contributed by atoms with Crippen molar-refractivity contribution in [1.82, 2.24) is 0 Å². The lowest BCUT2D eigenvalue weighted by Gasteiger charge is -2.06. The smallest absolute Gasteiger partial charge is 0.350 e. The fourth-order valence-electron chi connectivity index (χ4n) is 0.968. The van der Waals surface area contributed by atoms with Crippen molar-refractivity contribution >= 4 is 29.8 Å². The molecule has 0 unspecified atom stereocenters. The van der Waals surface area contributed by atoms with E-state index in [9.17, 15) is 4.79 Å². The molecule has 1 heterocycles.